The van der Waals surface area contributed by atoms with Gasteiger partial charge in [0, 0.05) is 26.6 Å². The minimum atomic E-state index is 0. The van der Waals surface area contributed by atoms with E-state index >= 15 is 0 Å². The molecule has 0 saturated carbocycles. The Kier molecular flexibility index (Phi) is 10.7. The summed E-state index contributed by atoms with van der Waals surface area (Å²) in [5, 5.41) is 3.38. The second-order valence-electron chi connectivity index (χ2n) is 6.34. The number of halogens is 1. The molecule has 1 N–H and O–H groups in total. The molecule has 5 heteroatoms. The highest BCUT2D eigenvalue weighted by Gasteiger charge is 2.18. The molecule has 0 bridgehead atoms. The Balaban J connectivity index is 0.00000288. The van der Waals surface area contributed by atoms with Crippen molar-refractivity contribution in [2.45, 2.75) is 32.1 Å². The molecule has 1 aromatic rings. The third-order valence-electron chi connectivity index (χ3n) is 4.66. The summed E-state index contributed by atoms with van der Waals surface area (Å²) in [6.07, 6.45) is 5.01. The van der Waals surface area contributed by atoms with Gasteiger partial charge in [-0.15, -0.1) is 12.4 Å². The molecule has 1 amide bonds. The normalized spacial score (nSPS) is 14.9. The SMILES string of the molecule is COCCN(CCc1ccccc1)C(=O)CCC1CCNCC1.Cl. The third-order valence-corrected chi connectivity index (χ3v) is 4.66. The Labute approximate surface area is 152 Å². The number of benzene rings is 1. The van der Waals surface area contributed by atoms with Crippen molar-refractivity contribution in [1.82, 2.24) is 10.2 Å². The van der Waals surface area contributed by atoms with Crippen LogP contribution in [0.3, 0.4) is 0 Å². The van der Waals surface area contributed by atoms with E-state index in [0.717, 1.165) is 32.5 Å². The molecule has 1 fully saturated rings. The lowest BCUT2D eigenvalue weighted by molar-refractivity contribution is -0.132. The van der Waals surface area contributed by atoms with Gasteiger partial charge in [0.25, 0.3) is 0 Å². The number of nitrogens with zero attached hydrogens (tertiary/aromatic N) is 1. The quantitative estimate of drug-likeness (QED) is 0.741. The average molecular weight is 355 g/mol. The number of ether oxygens (including phenoxy) is 1. The molecular formula is C19H31ClN2O2. The molecule has 4 nitrogen and oxygen atoms in total. The van der Waals surface area contributed by atoms with Gasteiger partial charge in [0.15, 0.2) is 0 Å². The van der Waals surface area contributed by atoms with Gasteiger partial charge < -0.3 is 15.0 Å². The maximum absolute atomic E-state index is 12.6. The third kappa shape index (κ3) is 7.65. The zero-order chi connectivity index (χ0) is 16.3. The van der Waals surface area contributed by atoms with Crippen molar-refractivity contribution in [3.05, 3.63) is 35.9 Å². The Morgan fingerprint density at radius 3 is 2.58 bits per heavy atom. The van der Waals surface area contributed by atoms with E-state index in [4.69, 9.17) is 4.74 Å². The molecule has 1 saturated heterocycles. The summed E-state index contributed by atoms with van der Waals surface area (Å²) in [5.41, 5.74) is 1.28. The van der Waals surface area contributed by atoms with E-state index in [2.05, 4.69) is 17.4 Å². The lowest BCUT2D eigenvalue weighted by Gasteiger charge is -2.25. The number of carbonyl (C=O) groups excluding carboxylic acids is 1. The predicted molar refractivity (Wildman–Crippen MR) is 101 cm³/mol. The summed E-state index contributed by atoms with van der Waals surface area (Å²) in [5.74, 6) is 0.982. The van der Waals surface area contributed by atoms with Crippen LogP contribution in [0.25, 0.3) is 0 Å². The standard InChI is InChI=1S/C19H30N2O2.ClH/c1-23-16-15-21(14-11-17-5-3-2-4-6-17)19(22)8-7-18-9-12-20-13-10-18;/h2-6,18,20H,7-16H2,1H3;1H. The number of piperidine rings is 1. The van der Waals surface area contributed by atoms with Gasteiger partial charge >= 0.3 is 0 Å². The monoisotopic (exact) mass is 354 g/mol. The lowest BCUT2D eigenvalue weighted by atomic mass is 9.93. The summed E-state index contributed by atoms with van der Waals surface area (Å²) in [6.45, 7) is 4.27. The number of carbonyl (C=O) groups is 1. The maximum atomic E-state index is 12.6. The number of hydrogen-bond acceptors (Lipinski definition) is 3. The first-order valence-corrected chi connectivity index (χ1v) is 8.81. The van der Waals surface area contributed by atoms with E-state index < -0.39 is 0 Å². The molecule has 0 radical (unpaired) electrons. The van der Waals surface area contributed by atoms with Crippen molar-refractivity contribution in [3.8, 4) is 0 Å². The number of methoxy groups -OCH3 is 1. The molecule has 1 heterocycles. The maximum Gasteiger partial charge on any atom is 0.222 e. The number of hydrogen-bond donors (Lipinski definition) is 1. The molecule has 1 aliphatic heterocycles. The molecule has 0 spiro atoms. The van der Waals surface area contributed by atoms with Crippen LogP contribution in [0.15, 0.2) is 30.3 Å². The second-order valence-corrected chi connectivity index (χ2v) is 6.34. The summed E-state index contributed by atoms with van der Waals surface area (Å²) in [4.78, 5) is 14.5. The highest BCUT2D eigenvalue weighted by Crippen LogP contribution is 2.18. The molecule has 0 aromatic heterocycles. The summed E-state index contributed by atoms with van der Waals surface area (Å²) >= 11 is 0. The van der Waals surface area contributed by atoms with E-state index in [1.807, 2.05) is 23.1 Å². The van der Waals surface area contributed by atoms with Crippen LogP contribution in [0, 0.1) is 5.92 Å². The molecule has 0 aliphatic carbocycles. The Bertz CT molecular complexity index is 450. The van der Waals surface area contributed by atoms with Crippen LogP contribution >= 0.6 is 12.4 Å². The molecular weight excluding hydrogens is 324 g/mol. The van der Waals surface area contributed by atoms with Crippen molar-refractivity contribution in [3.63, 3.8) is 0 Å². The van der Waals surface area contributed by atoms with Gasteiger partial charge in [-0.3, -0.25) is 4.79 Å². The van der Waals surface area contributed by atoms with E-state index in [9.17, 15) is 4.79 Å². The van der Waals surface area contributed by atoms with Crippen molar-refractivity contribution >= 4 is 18.3 Å². The van der Waals surface area contributed by atoms with Crippen LogP contribution in [0.5, 0.6) is 0 Å². The van der Waals surface area contributed by atoms with Crippen LogP contribution in [-0.4, -0.2) is 50.7 Å². The second kappa shape index (κ2) is 12.3. The smallest absolute Gasteiger partial charge is 0.222 e. The largest absolute Gasteiger partial charge is 0.383 e. The zero-order valence-corrected chi connectivity index (χ0v) is 15.5. The van der Waals surface area contributed by atoms with Crippen LogP contribution in [0.4, 0.5) is 0 Å². The van der Waals surface area contributed by atoms with E-state index in [1.165, 1.54) is 18.4 Å². The minimum Gasteiger partial charge on any atom is -0.383 e. The fourth-order valence-electron chi connectivity index (χ4n) is 3.13. The molecule has 0 atom stereocenters. The lowest BCUT2D eigenvalue weighted by Crippen LogP contribution is -2.36. The molecule has 1 aliphatic rings. The summed E-state index contributed by atoms with van der Waals surface area (Å²) in [7, 11) is 1.69. The van der Waals surface area contributed by atoms with Gasteiger partial charge in [-0.05, 0) is 50.3 Å². The summed E-state index contributed by atoms with van der Waals surface area (Å²) < 4.78 is 5.17. The van der Waals surface area contributed by atoms with Gasteiger partial charge in [0.05, 0.1) is 6.61 Å². The fourth-order valence-corrected chi connectivity index (χ4v) is 3.13. The highest BCUT2D eigenvalue weighted by atomic mass is 35.5. The van der Waals surface area contributed by atoms with E-state index in [-0.39, 0.29) is 18.3 Å². The predicted octanol–water partition coefficient (Wildman–Crippen LogP) is 2.91. The minimum absolute atomic E-state index is 0. The van der Waals surface area contributed by atoms with Gasteiger partial charge in [-0.25, -0.2) is 0 Å². The molecule has 24 heavy (non-hydrogen) atoms. The van der Waals surface area contributed by atoms with Gasteiger partial charge in [-0.1, -0.05) is 30.3 Å². The zero-order valence-electron chi connectivity index (χ0n) is 14.7. The molecule has 1 aromatic carbocycles. The Hall–Kier alpha value is -1.10. The summed E-state index contributed by atoms with van der Waals surface area (Å²) in [6, 6.07) is 10.4. The van der Waals surface area contributed by atoms with Crippen molar-refractivity contribution in [1.29, 1.82) is 0 Å². The first kappa shape index (κ1) is 20.9. The van der Waals surface area contributed by atoms with Crippen LogP contribution in [0.1, 0.15) is 31.2 Å². The molecule has 136 valence electrons. The Morgan fingerprint density at radius 1 is 1.21 bits per heavy atom. The Morgan fingerprint density at radius 2 is 1.92 bits per heavy atom. The molecule has 2 rings (SSSR count). The highest BCUT2D eigenvalue weighted by molar-refractivity contribution is 5.85. The number of rotatable bonds is 9. The van der Waals surface area contributed by atoms with Crippen molar-refractivity contribution in [2.24, 2.45) is 5.92 Å². The van der Waals surface area contributed by atoms with Crippen molar-refractivity contribution < 1.29 is 9.53 Å². The van der Waals surface area contributed by atoms with E-state index in [1.54, 1.807) is 7.11 Å². The molecule has 0 unspecified atom stereocenters. The van der Waals surface area contributed by atoms with Gasteiger partial charge in [0.2, 0.25) is 5.91 Å². The average Bonchev–Trinajstić information content (AvgIpc) is 2.61. The first-order valence-electron chi connectivity index (χ1n) is 8.81. The van der Waals surface area contributed by atoms with Crippen LogP contribution in [-0.2, 0) is 16.0 Å². The van der Waals surface area contributed by atoms with Gasteiger partial charge in [-0.2, -0.15) is 0 Å². The van der Waals surface area contributed by atoms with Crippen LogP contribution in [0.2, 0.25) is 0 Å². The van der Waals surface area contributed by atoms with Gasteiger partial charge in [0.1, 0.15) is 0 Å². The van der Waals surface area contributed by atoms with Crippen LogP contribution < -0.4 is 5.32 Å². The first-order chi connectivity index (χ1) is 11.3. The number of nitrogens with one attached hydrogen (secondary N) is 1. The fraction of sp³-hybridized carbons (Fsp3) is 0.632. The number of amides is 1. The van der Waals surface area contributed by atoms with E-state index in [0.29, 0.717) is 25.5 Å². The topological polar surface area (TPSA) is 41.6 Å². The van der Waals surface area contributed by atoms with Crippen molar-refractivity contribution in [2.75, 3.05) is 39.9 Å².